The molecule has 73 heavy (non-hydrogen) atoms. The summed E-state index contributed by atoms with van der Waals surface area (Å²) in [4.78, 5) is 2.56. The van der Waals surface area contributed by atoms with Crippen molar-refractivity contribution in [2.75, 3.05) is 10.2 Å². The minimum atomic E-state index is -0.0763. The first kappa shape index (κ1) is 45.1. The lowest BCUT2D eigenvalue weighted by Gasteiger charge is -2.41. The van der Waals surface area contributed by atoms with Crippen molar-refractivity contribution in [3.8, 4) is 27.9 Å². The number of hydrogen-bond acceptors (Lipinski definition) is 2. The standard InChI is InChI=1S/C69H62BN3/c1-42-25-35-53-58(37-42)73-60-40-49(71-48-31-26-45(27-32-48)67(2,3)4)39-59-65(60)70(55-38-47(69(8,9)10)30-36-57(55)72(59)50-33-28-46(29-34-50)68(5,6)7)56-41-54-61(43-19-13-11-14-20-43)51-23-17-18-24-52(51)62(44-21-15-12-16-22-44)63(54)64(53)66(56)73/h11-41,71H,1-10H3. The number of benzene rings is 10. The van der Waals surface area contributed by atoms with Crippen LogP contribution in [-0.2, 0) is 16.2 Å². The molecule has 10 aromatic carbocycles. The van der Waals surface area contributed by atoms with Gasteiger partial charge in [-0.3, -0.25) is 0 Å². The van der Waals surface area contributed by atoms with Crippen molar-refractivity contribution in [2.24, 2.45) is 0 Å². The Kier molecular flexibility index (Phi) is 9.94. The van der Waals surface area contributed by atoms with Crippen LogP contribution in [0.15, 0.2) is 188 Å². The van der Waals surface area contributed by atoms with E-state index in [-0.39, 0.29) is 23.0 Å². The van der Waals surface area contributed by atoms with Crippen LogP contribution >= 0.6 is 0 Å². The van der Waals surface area contributed by atoms with Crippen LogP contribution in [0.3, 0.4) is 0 Å². The molecule has 356 valence electrons. The number of anilines is 5. The number of nitrogens with zero attached hydrogens (tertiary/aromatic N) is 2. The summed E-state index contributed by atoms with van der Waals surface area (Å²) in [6.07, 6.45) is 0. The number of aromatic nitrogens is 1. The van der Waals surface area contributed by atoms with Gasteiger partial charge in [-0.15, -0.1) is 0 Å². The van der Waals surface area contributed by atoms with Crippen molar-refractivity contribution in [1.29, 1.82) is 0 Å². The zero-order valence-electron chi connectivity index (χ0n) is 43.9. The maximum atomic E-state index is 3.97. The molecular weight excluding hydrogens is 882 g/mol. The Morgan fingerprint density at radius 2 is 0.973 bits per heavy atom. The minimum Gasteiger partial charge on any atom is -0.355 e. The summed E-state index contributed by atoms with van der Waals surface area (Å²) in [7, 11) is 0. The molecule has 0 spiro atoms. The van der Waals surface area contributed by atoms with Gasteiger partial charge in [-0.25, -0.2) is 0 Å². The molecule has 0 aliphatic carbocycles. The Morgan fingerprint density at radius 1 is 0.411 bits per heavy atom. The highest BCUT2D eigenvalue weighted by Gasteiger charge is 2.44. The molecule has 11 aromatic rings. The molecule has 1 N–H and O–H groups in total. The molecule has 0 fully saturated rings. The summed E-state index contributed by atoms with van der Waals surface area (Å²) in [5, 5.41) is 11.6. The molecule has 1 aromatic heterocycles. The molecule has 0 radical (unpaired) electrons. The fourth-order valence-electron chi connectivity index (χ4n) is 12.3. The van der Waals surface area contributed by atoms with Crippen molar-refractivity contribution < 1.29 is 0 Å². The fraction of sp³-hybridized carbons (Fsp3) is 0.188. The van der Waals surface area contributed by atoms with Gasteiger partial charge in [0.1, 0.15) is 0 Å². The van der Waals surface area contributed by atoms with E-state index >= 15 is 0 Å². The van der Waals surface area contributed by atoms with Gasteiger partial charge in [-0.1, -0.05) is 202 Å². The Labute approximate surface area is 431 Å². The van der Waals surface area contributed by atoms with Crippen molar-refractivity contribution in [2.45, 2.75) is 85.5 Å². The molecule has 2 aliphatic rings. The topological polar surface area (TPSA) is 20.2 Å². The average molecular weight is 944 g/mol. The first-order chi connectivity index (χ1) is 35.0. The molecule has 0 saturated carbocycles. The third kappa shape index (κ3) is 7.08. The Morgan fingerprint density at radius 3 is 1.60 bits per heavy atom. The van der Waals surface area contributed by atoms with Crippen molar-refractivity contribution in [3.63, 3.8) is 0 Å². The van der Waals surface area contributed by atoms with Crippen molar-refractivity contribution >= 4 is 94.9 Å². The maximum Gasteiger partial charge on any atom is 0.252 e. The minimum absolute atomic E-state index is 0.0202. The third-order valence-corrected chi connectivity index (χ3v) is 16.0. The van der Waals surface area contributed by atoms with Crippen LogP contribution in [0.2, 0.25) is 0 Å². The molecule has 0 atom stereocenters. The van der Waals surface area contributed by atoms with Crippen molar-refractivity contribution in [1.82, 2.24) is 4.57 Å². The molecule has 2 aliphatic heterocycles. The molecule has 0 bridgehead atoms. The third-order valence-electron chi connectivity index (χ3n) is 16.0. The second kappa shape index (κ2) is 16.1. The highest BCUT2D eigenvalue weighted by Crippen LogP contribution is 2.51. The molecule has 3 nitrogen and oxygen atoms in total. The lowest BCUT2D eigenvalue weighted by Crippen LogP contribution is -2.60. The van der Waals surface area contributed by atoms with Crippen LogP contribution in [0, 0.1) is 6.92 Å². The van der Waals surface area contributed by atoms with Crippen LogP contribution in [0.1, 0.15) is 84.6 Å². The number of fused-ring (bicyclic) bond motifs is 10. The smallest absolute Gasteiger partial charge is 0.252 e. The van der Waals surface area contributed by atoms with E-state index in [4.69, 9.17) is 0 Å². The van der Waals surface area contributed by atoms with Gasteiger partial charge in [-0.2, -0.15) is 0 Å². The highest BCUT2D eigenvalue weighted by atomic mass is 15.2. The number of aryl methyl sites for hydroxylation is 1. The maximum absolute atomic E-state index is 3.97. The van der Waals surface area contributed by atoms with Crippen LogP contribution in [0.5, 0.6) is 0 Å². The molecule has 3 heterocycles. The predicted octanol–water partition coefficient (Wildman–Crippen LogP) is 17.0. The zero-order chi connectivity index (χ0) is 50.3. The highest BCUT2D eigenvalue weighted by molar-refractivity contribution is 7.00. The van der Waals surface area contributed by atoms with Crippen LogP contribution < -0.4 is 26.6 Å². The van der Waals surface area contributed by atoms with Gasteiger partial charge < -0.3 is 14.8 Å². The average Bonchev–Trinajstić information content (AvgIpc) is 3.73. The normalized spacial score (nSPS) is 13.3. The van der Waals surface area contributed by atoms with Gasteiger partial charge >= 0.3 is 0 Å². The first-order valence-electron chi connectivity index (χ1n) is 26.2. The van der Waals surface area contributed by atoms with E-state index in [0.717, 1.165) is 17.1 Å². The van der Waals surface area contributed by atoms with E-state index in [1.54, 1.807) is 0 Å². The van der Waals surface area contributed by atoms with E-state index in [9.17, 15) is 0 Å². The van der Waals surface area contributed by atoms with Gasteiger partial charge in [0.15, 0.2) is 0 Å². The monoisotopic (exact) mass is 944 g/mol. The van der Waals surface area contributed by atoms with Gasteiger partial charge in [0.2, 0.25) is 0 Å². The summed E-state index contributed by atoms with van der Waals surface area (Å²) < 4.78 is 2.65. The van der Waals surface area contributed by atoms with E-state index in [2.05, 4.69) is 272 Å². The predicted molar refractivity (Wildman–Crippen MR) is 317 cm³/mol. The fourth-order valence-corrected chi connectivity index (χ4v) is 12.3. The van der Waals surface area contributed by atoms with Crippen LogP contribution in [-0.4, -0.2) is 11.3 Å². The van der Waals surface area contributed by atoms with E-state index in [1.807, 2.05) is 0 Å². The van der Waals surface area contributed by atoms with Crippen molar-refractivity contribution in [3.05, 3.63) is 210 Å². The molecule has 0 unspecified atom stereocenters. The summed E-state index contributed by atoms with van der Waals surface area (Å²) in [6.45, 7) is 23.0. The first-order valence-corrected chi connectivity index (χ1v) is 26.2. The number of hydrogen-bond donors (Lipinski definition) is 1. The SMILES string of the molecule is Cc1ccc2c3c4c(-c5ccccc5)c5ccccc5c(-c5ccccc5)c4cc4c3n(c2c1)-c1cc(Nc2ccc(C(C)(C)C)cc2)cc2c1B4c1cc(C(C)(C)C)ccc1N2c1ccc(C(C)(C)C)cc1. The zero-order valence-corrected chi connectivity index (χ0v) is 43.9. The van der Waals surface area contributed by atoms with E-state index in [0.29, 0.717) is 0 Å². The van der Waals surface area contributed by atoms with Gasteiger partial charge in [0.05, 0.1) is 11.0 Å². The Bertz CT molecular complexity index is 4030. The molecular formula is C69H62BN3. The second-order valence-corrected chi connectivity index (χ2v) is 24.0. The summed E-state index contributed by atoms with van der Waals surface area (Å²) in [5.74, 6) is 0. The summed E-state index contributed by atoms with van der Waals surface area (Å²) in [5.41, 5.74) is 23.6. The molecule has 13 rings (SSSR count). The van der Waals surface area contributed by atoms with E-state index in [1.165, 1.54) is 121 Å². The van der Waals surface area contributed by atoms with Gasteiger partial charge in [0, 0.05) is 50.3 Å². The van der Waals surface area contributed by atoms with Crippen LogP contribution in [0.4, 0.5) is 28.4 Å². The molecule has 4 heteroatoms. The summed E-state index contributed by atoms with van der Waals surface area (Å²) in [6, 6.07) is 71.8. The van der Waals surface area contributed by atoms with E-state index < -0.39 is 0 Å². The quantitative estimate of drug-likeness (QED) is 0.137. The second-order valence-electron chi connectivity index (χ2n) is 24.0. The van der Waals surface area contributed by atoms with Gasteiger partial charge in [-0.05, 0) is 149 Å². The number of rotatable bonds is 5. The van der Waals surface area contributed by atoms with Gasteiger partial charge in [0.25, 0.3) is 6.71 Å². The van der Waals surface area contributed by atoms with Crippen LogP contribution in [0.25, 0.3) is 71.3 Å². The lowest BCUT2D eigenvalue weighted by atomic mass is 9.33. The molecule has 0 saturated heterocycles. The number of nitrogens with one attached hydrogen (secondary N) is 1. The molecule has 0 amide bonds. The Balaban J connectivity index is 1.23. The Hall–Kier alpha value is -7.82. The summed E-state index contributed by atoms with van der Waals surface area (Å²) >= 11 is 0. The lowest BCUT2D eigenvalue weighted by molar-refractivity contribution is 0.590. The largest absolute Gasteiger partial charge is 0.355 e.